The van der Waals surface area contributed by atoms with Crippen molar-refractivity contribution >= 4 is 63.4 Å². The first-order chi connectivity index (χ1) is 18.0. The smallest absolute Gasteiger partial charge is 0.416 e. The summed E-state index contributed by atoms with van der Waals surface area (Å²) in [4.78, 5) is 24.5. The van der Waals surface area contributed by atoms with E-state index in [9.17, 15) is 22.8 Å². The second-order valence-electron chi connectivity index (χ2n) is 7.18. The second-order valence-corrected chi connectivity index (χ2v) is 9.79. The molecule has 2 N–H and O–H groups in total. The highest BCUT2D eigenvalue weighted by Crippen LogP contribution is 2.38. The van der Waals surface area contributed by atoms with E-state index in [0.29, 0.717) is 27.2 Å². The molecule has 9 nitrogen and oxygen atoms in total. The van der Waals surface area contributed by atoms with Crippen molar-refractivity contribution in [2.75, 3.05) is 37.7 Å². The van der Waals surface area contributed by atoms with E-state index in [0.717, 1.165) is 41.3 Å². The van der Waals surface area contributed by atoms with Crippen LogP contribution in [-0.4, -0.2) is 49.1 Å². The molecule has 202 valence electrons. The number of thioether (sulfide) groups is 1. The van der Waals surface area contributed by atoms with Gasteiger partial charge in [0.05, 0.1) is 43.4 Å². The number of nitrogens with one attached hydrogen (secondary N) is 2. The van der Waals surface area contributed by atoms with Gasteiger partial charge in [-0.25, -0.2) is 0 Å². The van der Waals surface area contributed by atoms with E-state index in [-0.39, 0.29) is 21.6 Å². The average molecular weight is 589 g/mol. The Balaban J connectivity index is 1.56. The van der Waals surface area contributed by atoms with Crippen molar-refractivity contribution in [2.45, 2.75) is 10.5 Å². The molecule has 0 saturated carbocycles. The Bertz CT molecular complexity index is 1330. The molecule has 0 atom stereocenters. The lowest BCUT2D eigenvalue weighted by atomic mass is 10.1. The van der Waals surface area contributed by atoms with Gasteiger partial charge in [-0.1, -0.05) is 34.7 Å². The minimum atomic E-state index is -4.57. The molecule has 15 heteroatoms. The molecular formula is C23H20ClF3N4O5S2. The highest BCUT2D eigenvalue weighted by Gasteiger charge is 2.31. The Morgan fingerprint density at radius 3 is 2.34 bits per heavy atom. The lowest BCUT2D eigenvalue weighted by molar-refractivity contribution is -0.137. The van der Waals surface area contributed by atoms with E-state index in [2.05, 4.69) is 20.8 Å². The third kappa shape index (κ3) is 7.76. The Morgan fingerprint density at radius 1 is 1.05 bits per heavy atom. The summed E-state index contributed by atoms with van der Waals surface area (Å²) in [5, 5.41) is 12.8. The summed E-state index contributed by atoms with van der Waals surface area (Å²) in [6, 6.07) is 5.98. The molecule has 0 aliphatic rings. The lowest BCUT2D eigenvalue weighted by Gasteiger charge is -2.12. The summed E-state index contributed by atoms with van der Waals surface area (Å²) in [6.45, 7) is 0. The maximum atomic E-state index is 12.9. The fraction of sp³-hybridized carbons (Fsp3) is 0.217. The number of anilines is 2. The minimum Gasteiger partial charge on any atom is -0.493 e. The normalized spacial score (nSPS) is 11.3. The predicted molar refractivity (Wildman–Crippen MR) is 139 cm³/mol. The van der Waals surface area contributed by atoms with Gasteiger partial charge in [-0.15, -0.1) is 10.2 Å². The van der Waals surface area contributed by atoms with E-state index in [1.54, 1.807) is 18.2 Å². The maximum absolute atomic E-state index is 12.9. The molecule has 0 aliphatic heterocycles. The molecule has 2 amide bonds. The molecule has 3 rings (SSSR count). The van der Waals surface area contributed by atoms with Crippen LogP contribution in [0.4, 0.5) is 24.0 Å². The first-order valence-corrected chi connectivity index (χ1v) is 12.6. The van der Waals surface area contributed by atoms with Crippen molar-refractivity contribution in [1.82, 2.24) is 10.2 Å². The number of benzene rings is 2. The van der Waals surface area contributed by atoms with E-state index in [4.69, 9.17) is 25.8 Å². The van der Waals surface area contributed by atoms with Crippen molar-refractivity contribution in [1.29, 1.82) is 0 Å². The van der Waals surface area contributed by atoms with Gasteiger partial charge < -0.3 is 19.5 Å². The summed E-state index contributed by atoms with van der Waals surface area (Å²) >= 11 is 7.91. The van der Waals surface area contributed by atoms with Crippen molar-refractivity contribution < 1.29 is 37.0 Å². The van der Waals surface area contributed by atoms with Crippen LogP contribution in [0.1, 0.15) is 11.1 Å². The van der Waals surface area contributed by atoms with E-state index >= 15 is 0 Å². The van der Waals surface area contributed by atoms with E-state index in [1.165, 1.54) is 27.4 Å². The highest BCUT2D eigenvalue weighted by atomic mass is 35.5. The summed E-state index contributed by atoms with van der Waals surface area (Å²) in [5.74, 6) is 0.0285. The maximum Gasteiger partial charge on any atom is 0.416 e. The van der Waals surface area contributed by atoms with Gasteiger partial charge in [-0.05, 0) is 42.0 Å². The number of hydrogen-bond donors (Lipinski definition) is 2. The van der Waals surface area contributed by atoms with Crippen molar-refractivity contribution in [2.24, 2.45) is 0 Å². The number of ether oxygens (including phenoxy) is 3. The third-order valence-electron chi connectivity index (χ3n) is 4.65. The Hall–Kier alpha value is -3.49. The second kappa shape index (κ2) is 12.8. The lowest BCUT2D eigenvalue weighted by Crippen LogP contribution is -2.15. The van der Waals surface area contributed by atoms with Crippen LogP contribution in [0.15, 0.2) is 40.7 Å². The van der Waals surface area contributed by atoms with Crippen LogP contribution in [0.25, 0.3) is 6.08 Å². The van der Waals surface area contributed by atoms with Gasteiger partial charge in [-0.3, -0.25) is 14.9 Å². The van der Waals surface area contributed by atoms with Crippen LogP contribution >= 0.6 is 34.7 Å². The standard InChI is InChI=1S/C23H20ClF3N4O5S2/c1-34-16-8-12(9-17(35-2)20(16)36-3)4-7-18(32)29-21-30-31-22(38-21)37-11-19(33)28-15-10-13(23(25,26)27)5-6-14(15)24/h4-10H,11H2,1-3H3,(H,28,33)(H,29,30,32)/b7-4+. The van der Waals surface area contributed by atoms with Gasteiger partial charge in [0.15, 0.2) is 15.8 Å². The van der Waals surface area contributed by atoms with Gasteiger partial charge >= 0.3 is 6.18 Å². The minimum absolute atomic E-state index is 0.0307. The van der Waals surface area contributed by atoms with E-state index in [1.807, 2.05) is 0 Å². The molecule has 0 unspecified atom stereocenters. The van der Waals surface area contributed by atoms with Crippen molar-refractivity contribution in [3.8, 4) is 17.2 Å². The Morgan fingerprint density at radius 2 is 1.74 bits per heavy atom. The zero-order valence-electron chi connectivity index (χ0n) is 20.0. The van der Waals surface area contributed by atoms with Crippen molar-refractivity contribution in [3.05, 3.63) is 52.6 Å². The van der Waals surface area contributed by atoms with Crippen LogP contribution < -0.4 is 24.8 Å². The molecule has 0 bridgehead atoms. The molecule has 0 spiro atoms. The topological polar surface area (TPSA) is 112 Å². The number of methoxy groups -OCH3 is 3. The largest absolute Gasteiger partial charge is 0.493 e. The monoisotopic (exact) mass is 588 g/mol. The SMILES string of the molecule is COc1cc(/C=C/C(=O)Nc2nnc(SCC(=O)Nc3cc(C(F)(F)F)ccc3Cl)s2)cc(OC)c1OC. The zero-order chi connectivity index (χ0) is 27.9. The van der Waals surface area contributed by atoms with E-state index < -0.39 is 23.6 Å². The predicted octanol–water partition coefficient (Wildman–Crippen LogP) is 5.62. The number of amides is 2. The molecule has 0 radical (unpaired) electrons. The number of carbonyl (C=O) groups excluding carboxylic acids is 2. The number of halogens is 4. The Labute approximate surface area is 228 Å². The molecule has 2 aromatic carbocycles. The average Bonchev–Trinajstić information content (AvgIpc) is 3.33. The fourth-order valence-electron chi connectivity index (χ4n) is 2.95. The number of rotatable bonds is 10. The number of hydrogen-bond acceptors (Lipinski definition) is 9. The third-order valence-corrected chi connectivity index (χ3v) is 6.95. The number of alkyl halides is 3. The first kappa shape index (κ1) is 29.1. The van der Waals surface area contributed by atoms with Gasteiger partial charge in [0.25, 0.3) is 0 Å². The Kier molecular flexibility index (Phi) is 9.83. The molecular weight excluding hydrogens is 569 g/mol. The zero-order valence-corrected chi connectivity index (χ0v) is 22.4. The fourth-order valence-corrected chi connectivity index (χ4v) is 4.67. The molecule has 1 heterocycles. The van der Waals surface area contributed by atoms with Crippen LogP contribution in [0.5, 0.6) is 17.2 Å². The van der Waals surface area contributed by atoms with Gasteiger partial charge in [0.2, 0.25) is 22.7 Å². The summed E-state index contributed by atoms with van der Waals surface area (Å²) in [6.07, 6.45) is -1.75. The first-order valence-electron chi connectivity index (χ1n) is 10.5. The van der Waals surface area contributed by atoms with Gasteiger partial charge in [0.1, 0.15) is 0 Å². The van der Waals surface area contributed by atoms with Crippen LogP contribution in [0, 0.1) is 0 Å². The molecule has 3 aromatic rings. The molecule has 1 aromatic heterocycles. The van der Waals surface area contributed by atoms with Crippen LogP contribution in [-0.2, 0) is 15.8 Å². The number of nitrogens with zero attached hydrogens (tertiary/aromatic N) is 2. The van der Waals surface area contributed by atoms with Gasteiger partial charge in [-0.2, -0.15) is 13.2 Å². The van der Waals surface area contributed by atoms with Crippen molar-refractivity contribution in [3.63, 3.8) is 0 Å². The molecule has 0 aliphatic carbocycles. The van der Waals surface area contributed by atoms with Crippen LogP contribution in [0.3, 0.4) is 0 Å². The quantitative estimate of drug-likeness (QED) is 0.178. The highest BCUT2D eigenvalue weighted by molar-refractivity contribution is 8.01. The summed E-state index contributed by atoms with van der Waals surface area (Å²) in [7, 11) is 4.44. The van der Waals surface area contributed by atoms with Crippen LogP contribution in [0.2, 0.25) is 5.02 Å². The summed E-state index contributed by atoms with van der Waals surface area (Å²) < 4.78 is 54.9. The molecule has 0 saturated heterocycles. The summed E-state index contributed by atoms with van der Waals surface area (Å²) in [5.41, 5.74) is -0.472. The number of carbonyl (C=O) groups is 2. The number of aromatic nitrogens is 2. The van der Waals surface area contributed by atoms with Gasteiger partial charge in [0, 0.05) is 6.08 Å². The molecule has 0 fully saturated rings. The molecule has 38 heavy (non-hydrogen) atoms.